The summed E-state index contributed by atoms with van der Waals surface area (Å²) < 4.78 is 5.19. The third-order valence-corrected chi connectivity index (χ3v) is 2.08. The number of carbonyl (C=O) groups excluding carboxylic acids is 1. The van der Waals surface area contributed by atoms with E-state index in [2.05, 4.69) is 0 Å². The van der Waals surface area contributed by atoms with Crippen LogP contribution in [0, 0.1) is 0 Å². The monoisotopic (exact) mass is 227 g/mol. The van der Waals surface area contributed by atoms with Crippen LogP contribution in [-0.4, -0.2) is 40.8 Å². The van der Waals surface area contributed by atoms with Crippen molar-refractivity contribution in [2.75, 3.05) is 13.1 Å². The quantitative estimate of drug-likeness (QED) is 0.691. The molecule has 1 amide bonds. The molecule has 5 heteroatoms. The Morgan fingerprint density at radius 3 is 2.56 bits per heavy atom. The molecule has 16 heavy (non-hydrogen) atoms. The van der Waals surface area contributed by atoms with Crippen molar-refractivity contribution in [2.45, 2.75) is 32.8 Å². The molecule has 1 heterocycles. The maximum Gasteiger partial charge on any atom is 0.410 e. The first-order valence-corrected chi connectivity index (χ1v) is 5.18. The van der Waals surface area contributed by atoms with Crippen molar-refractivity contribution in [2.24, 2.45) is 0 Å². The molecule has 0 radical (unpaired) electrons. The third-order valence-electron chi connectivity index (χ3n) is 2.08. The minimum Gasteiger partial charge on any atom is -0.478 e. The van der Waals surface area contributed by atoms with Crippen molar-refractivity contribution in [1.82, 2.24) is 4.90 Å². The summed E-state index contributed by atoms with van der Waals surface area (Å²) in [4.78, 5) is 23.6. The number of nitrogens with zero attached hydrogens (tertiary/aromatic N) is 1. The standard InChI is InChI=1S/C11H17NO4/c1-11(2,3)16-10(15)12-5-4-8(7-12)6-9(13)14/h6H,4-5,7H2,1-3H3,(H,13,14)/b8-6+. The van der Waals surface area contributed by atoms with Crippen LogP contribution in [0.3, 0.4) is 0 Å². The van der Waals surface area contributed by atoms with Crippen LogP contribution in [0.4, 0.5) is 4.79 Å². The zero-order valence-corrected chi connectivity index (χ0v) is 9.82. The number of hydrogen-bond donors (Lipinski definition) is 1. The lowest BCUT2D eigenvalue weighted by atomic mass is 10.2. The number of carboxylic acids is 1. The van der Waals surface area contributed by atoms with Crippen LogP contribution >= 0.6 is 0 Å². The molecule has 0 aromatic heterocycles. The lowest BCUT2D eigenvalue weighted by Gasteiger charge is -2.23. The Hall–Kier alpha value is -1.52. The second-order valence-electron chi connectivity index (χ2n) is 4.79. The normalized spacial score (nSPS) is 18.9. The highest BCUT2D eigenvalue weighted by atomic mass is 16.6. The minimum absolute atomic E-state index is 0.348. The predicted octanol–water partition coefficient (Wildman–Crippen LogP) is 1.64. The topological polar surface area (TPSA) is 66.8 Å². The van der Waals surface area contributed by atoms with Crippen molar-refractivity contribution in [3.05, 3.63) is 11.6 Å². The fourth-order valence-corrected chi connectivity index (χ4v) is 1.46. The SMILES string of the molecule is CC(C)(C)OC(=O)N1CC/C(=C\C(=O)O)C1. The van der Waals surface area contributed by atoms with Crippen molar-refractivity contribution in [1.29, 1.82) is 0 Å². The van der Waals surface area contributed by atoms with Crippen LogP contribution in [0.15, 0.2) is 11.6 Å². The summed E-state index contributed by atoms with van der Waals surface area (Å²) in [7, 11) is 0. The Bertz CT molecular complexity index is 327. The molecule has 0 spiro atoms. The summed E-state index contributed by atoms with van der Waals surface area (Å²) in [5.74, 6) is -0.971. The molecule has 90 valence electrons. The van der Waals surface area contributed by atoms with E-state index in [0.717, 1.165) is 11.6 Å². The smallest absolute Gasteiger partial charge is 0.410 e. The fraction of sp³-hybridized carbons (Fsp3) is 0.636. The van der Waals surface area contributed by atoms with Crippen LogP contribution in [-0.2, 0) is 9.53 Å². The van der Waals surface area contributed by atoms with Gasteiger partial charge in [0.05, 0.1) is 0 Å². The molecule has 1 rings (SSSR count). The molecule has 0 aliphatic carbocycles. The van der Waals surface area contributed by atoms with E-state index < -0.39 is 11.6 Å². The van der Waals surface area contributed by atoms with E-state index >= 15 is 0 Å². The van der Waals surface area contributed by atoms with Crippen LogP contribution in [0.5, 0.6) is 0 Å². The van der Waals surface area contributed by atoms with Gasteiger partial charge in [-0.25, -0.2) is 9.59 Å². The van der Waals surface area contributed by atoms with Gasteiger partial charge in [0.25, 0.3) is 0 Å². The number of amides is 1. The number of rotatable bonds is 1. The molecule has 0 aromatic rings. The molecule has 1 fully saturated rings. The predicted molar refractivity (Wildman–Crippen MR) is 58.1 cm³/mol. The molecule has 5 nitrogen and oxygen atoms in total. The number of likely N-dealkylation sites (tertiary alicyclic amines) is 1. The molecular weight excluding hydrogens is 210 g/mol. The van der Waals surface area contributed by atoms with Gasteiger partial charge in [0.15, 0.2) is 0 Å². The molecule has 0 atom stereocenters. The van der Waals surface area contributed by atoms with Gasteiger partial charge in [0.2, 0.25) is 0 Å². The van der Waals surface area contributed by atoms with Gasteiger partial charge in [-0.15, -0.1) is 0 Å². The number of hydrogen-bond acceptors (Lipinski definition) is 3. The molecule has 1 saturated heterocycles. The van der Waals surface area contributed by atoms with E-state index in [1.54, 1.807) is 20.8 Å². The van der Waals surface area contributed by atoms with Gasteiger partial charge in [0, 0.05) is 19.2 Å². The minimum atomic E-state index is -0.971. The second kappa shape index (κ2) is 4.55. The Labute approximate surface area is 94.7 Å². The lowest BCUT2D eigenvalue weighted by Crippen LogP contribution is -2.34. The van der Waals surface area contributed by atoms with Gasteiger partial charge in [-0.05, 0) is 32.8 Å². The van der Waals surface area contributed by atoms with Gasteiger partial charge in [-0.2, -0.15) is 0 Å². The highest BCUT2D eigenvalue weighted by molar-refractivity contribution is 5.81. The van der Waals surface area contributed by atoms with Crippen LogP contribution in [0.1, 0.15) is 27.2 Å². The van der Waals surface area contributed by atoms with E-state index in [-0.39, 0.29) is 6.09 Å². The van der Waals surface area contributed by atoms with Crippen LogP contribution < -0.4 is 0 Å². The van der Waals surface area contributed by atoms with E-state index in [1.807, 2.05) is 0 Å². The second-order valence-corrected chi connectivity index (χ2v) is 4.79. The molecule has 0 bridgehead atoms. The zero-order valence-electron chi connectivity index (χ0n) is 9.82. The number of carbonyl (C=O) groups is 2. The third kappa shape index (κ3) is 3.92. The molecular formula is C11H17NO4. The van der Waals surface area contributed by atoms with E-state index in [4.69, 9.17) is 9.84 Å². The van der Waals surface area contributed by atoms with Gasteiger partial charge in [-0.1, -0.05) is 0 Å². The Kier molecular flexibility index (Phi) is 3.57. The molecule has 0 aromatic carbocycles. The van der Waals surface area contributed by atoms with Crippen molar-refractivity contribution in [3.63, 3.8) is 0 Å². The summed E-state index contributed by atoms with van der Waals surface area (Å²) in [6.45, 7) is 6.27. The summed E-state index contributed by atoms with van der Waals surface area (Å²) in [5.41, 5.74) is 0.231. The average molecular weight is 227 g/mol. The summed E-state index contributed by atoms with van der Waals surface area (Å²) in [6.07, 6.45) is 1.37. The van der Waals surface area contributed by atoms with E-state index in [1.165, 1.54) is 4.90 Å². The molecule has 0 unspecified atom stereocenters. The van der Waals surface area contributed by atoms with Crippen molar-refractivity contribution < 1.29 is 19.4 Å². The highest BCUT2D eigenvalue weighted by Gasteiger charge is 2.26. The van der Waals surface area contributed by atoms with Crippen molar-refractivity contribution in [3.8, 4) is 0 Å². The van der Waals surface area contributed by atoms with Gasteiger partial charge in [-0.3, -0.25) is 0 Å². The van der Waals surface area contributed by atoms with Crippen molar-refractivity contribution >= 4 is 12.1 Å². The van der Waals surface area contributed by atoms with Crippen LogP contribution in [0.25, 0.3) is 0 Å². The van der Waals surface area contributed by atoms with Gasteiger partial charge >= 0.3 is 12.1 Å². The molecule has 1 aliphatic rings. The number of carboxylic acid groups (broad SMARTS) is 1. The summed E-state index contributed by atoms with van der Waals surface area (Å²) in [6, 6.07) is 0. The Morgan fingerprint density at radius 2 is 2.06 bits per heavy atom. The maximum absolute atomic E-state index is 11.6. The summed E-state index contributed by atoms with van der Waals surface area (Å²) >= 11 is 0. The van der Waals surface area contributed by atoms with Gasteiger partial charge in [0.1, 0.15) is 5.60 Å². The Balaban J connectivity index is 2.54. The first-order chi connectivity index (χ1) is 7.28. The highest BCUT2D eigenvalue weighted by Crippen LogP contribution is 2.18. The van der Waals surface area contributed by atoms with Crippen LogP contribution in [0.2, 0.25) is 0 Å². The first-order valence-electron chi connectivity index (χ1n) is 5.18. The fourth-order valence-electron chi connectivity index (χ4n) is 1.46. The Morgan fingerprint density at radius 1 is 1.44 bits per heavy atom. The molecule has 1 N–H and O–H groups in total. The maximum atomic E-state index is 11.6. The summed E-state index contributed by atoms with van der Waals surface area (Å²) in [5, 5.41) is 8.57. The zero-order chi connectivity index (χ0) is 12.3. The largest absolute Gasteiger partial charge is 0.478 e. The first kappa shape index (κ1) is 12.5. The number of ether oxygens (including phenoxy) is 1. The average Bonchev–Trinajstić information content (AvgIpc) is 2.48. The molecule has 1 aliphatic heterocycles. The van der Waals surface area contributed by atoms with Gasteiger partial charge < -0.3 is 14.7 Å². The number of aliphatic carboxylic acids is 1. The van der Waals surface area contributed by atoms with E-state index in [9.17, 15) is 9.59 Å². The van der Waals surface area contributed by atoms with E-state index in [0.29, 0.717) is 19.5 Å². The lowest BCUT2D eigenvalue weighted by molar-refractivity contribution is -0.131. The molecule has 0 saturated carbocycles.